The van der Waals surface area contributed by atoms with Gasteiger partial charge in [0.2, 0.25) is 0 Å². The van der Waals surface area contributed by atoms with Crippen LogP contribution in [0.1, 0.15) is 15.4 Å². The Morgan fingerprint density at radius 3 is 2.74 bits per heavy atom. The summed E-state index contributed by atoms with van der Waals surface area (Å²) < 4.78 is 0.796. The molecule has 0 unspecified atom stereocenters. The molecule has 0 fully saturated rings. The average Bonchev–Trinajstić information content (AvgIpc) is 2.84. The van der Waals surface area contributed by atoms with Gasteiger partial charge < -0.3 is 10.6 Å². The van der Waals surface area contributed by atoms with E-state index in [4.69, 9.17) is 11.6 Å². The minimum atomic E-state index is -0.243. The molecule has 19 heavy (non-hydrogen) atoms. The van der Waals surface area contributed by atoms with E-state index in [1.165, 1.54) is 4.88 Å². The highest BCUT2D eigenvalue weighted by Gasteiger charge is 2.05. The van der Waals surface area contributed by atoms with Crippen LogP contribution in [0.15, 0.2) is 24.3 Å². The summed E-state index contributed by atoms with van der Waals surface area (Å²) >= 11 is 7.42. The Kier molecular flexibility index (Phi) is 4.70. The number of nitrogens with one attached hydrogen (secondary N) is 2. The van der Waals surface area contributed by atoms with E-state index in [2.05, 4.69) is 20.8 Å². The highest BCUT2D eigenvalue weighted by molar-refractivity contribution is 7.16. The van der Waals surface area contributed by atoms with Crippen molar-refractivity contribution in [2.24, 2.45) is 0 Å². The third-order valence-corrected chi connectivity index (χ3v) is 3.72. The lowest BCUT2D eigenvalue weighted by Gasteiger charge is -2.04. The molecule has 2 heterocycles. The molecular weight excluding hydrogens is 284 g/mol. The zero-order valence-electron chi connectivity index (χ0n) is 10.3. The highest BCUT2D eigenvalue weighted by atomic mass is 35.5. The summed E-state index contributed by atoms with van der Waals surface area (Å²) in [5.41, 5.74) is 0.304. The van der Waals surface area contributed by atoms with Crippen LogP contribution in [0.2, 0.25) is 4.34 Å². The average molecular weight is 297 g/mol. The minimum absolute atomic E-state index is 0.243. The fourth-order valence-corrected chi connectivity index (χ4v) is 2.56. The Bertz CT molecular complexity index is 555. The van der Waals surface area contributed by atoms with Gasteiger partial charge in [0.05, 0.1) is 4.34 Å². The van der Waals surface area contributed by atoms with Gasteiger partial charge in [-0.2, -0.15) is 0 Å². The molecule has 0 aliphatic heterocycles. The number of amides is 1. The maximum Gasteiger partial charge on any atom is 0.271 e. The smallest absolute Gasteiger partial charge is 0.271 e. The van der Waals surface area contributed by atoms with Gasteiger partial charge >= 0.3 is 0 Å². The third-order valence-electron chi connectivity index (χ3n) is 2.43. The summed E-state index contributed by atoms with van der Waals surface area (Å²) in [6.45, 7) is 0.741. The summed E-state index contributed by atoms with van der Waals surface area (Å²) in [6.07, 6.45) is 0.871. The van der Waals surface area contributed by atoms with Crippen LogP contribution in [-0.4, -0.2) is 29.7 Å². The molecule has 1 amide bonds. The summed E-state index contributed by atoms with van der Waals surface area (Å²) in [5, 5.41) is 13.4. The summed E-state index contributed by atoms with van der Waals surface area (Å²) in [4.78, 5) is 12.5. The fraction of sp³-hybridized carbons (Fsp3) is 0.250. The van der Waals surface area contributed by atoms with Gasteiger partial charge in [-0.15, -0.1) is 21.5 Å². The summed E-state index contributed by atoms with van der Waals surface area (Å²) in [6, 6.07) is 7.27. The quantitative estimate of drug-likeness (QED) is 0.888. The van der Waals surface area contributed by atoms with Crippen LogP contribution < -0.4 is 10.6 Å². The third kappa shape index (κ3) is 3.90. The van der Waals surface area contributed by atoms with Crippen molar-refractivity contribution >= 4 is 34.7 Å². The molecule has 0 bridgehead atoms. The molecule has 0 aliphatic carbocycles. The van der Waals surface area contributed by atoms with Crippen LogP contribution in [-0.2, 0) is 6.42 Å². The topological polar surface area (TPSA) is 66.9 Å². The van der Waals surface area contributed by atoms with Crippen molar-refractivity contribution in [3.8, 4) is 0 Å². The molecule has 0 aromatic carbocycles. The van der Waals surface area contributed by atoms with E-state index >= 15 is 0 Å². The maximum atomic E-state index is 11.3. The number of hydrogen-bond donors (Lipinski definition) is 2. The number of anilines is 1. The Hall–Kier alpha value is -1.66. The van der Waals surface area contributed by atoms with Gasteiger partial charge in [-0.1, -0.05) is 11.6 Å². The zero-order valence-corrected chi connectivity index (χ0v) is 11.9. The van der Waals surface area contributed by atoms with E-state index in [0.717, 1.165) is 17.3 Å². The highest BCUT2D eigenvalue weighted by Crippen LogP contribution is 2.21. The first-order valence-electron chi connectivity index (χ1n) is 5.73. The molecule has 2 aromatic heterocycles. The van der Waals surface area contributed by atoms with E-state index < -0.39 is 0 Å². The number of nitrogens with zero attached hydrogens (tertiary/aromatic N) is 2. The van der Waals surface area contributed by atoms with Gasteiger partial charge in [-0.05, 0) is 30.7 Å². The van der Waals surface area contributed by atoms with E-state index in [9.17, 15) is 4.79 Å². The number of aromatic nitrogens is 2. The predicted octanol–water partition coefficient (Wildman–Crippen LogP) is 2.21. The molecule has 0 saturated carbocycles. The lowest BCUT2D eigenvalue weighted by atomic mass is 10.3. The van der Waals surface area contributed by atoms with Crippen LogP contribution in [0.25, 0.3) is 0 Å². The van der Waals surface area contributed by atoms with Gasteiger partial charge in [-0.25, -0.2) is 0 Å². The number of carbonyl (C=O) groups excluding carboxylic acids is 1. The standard InChI is InChI=1S/C12H13ClN4OS/c1-14-12(18)9-3-5-11(17-16-9)15-7-6-8-2-4-10(13)19-8/h2-5H,6-7H2,1H3,(H,14,18)(H,15,17). The second-order valence-corrected chi connectivity index (χ2v) is 5.57. The van der Waals surface area contributed by atoms with Crippen molar-refractivity contribution < 1.29 is 4.79 Å². The molecule has 2 rings (SSSR count). The Morgan fingerprint density at radius 2 is 2.16 bits per heavy atom. The van der Waals surface area contributed by atoms with Crippen LogP contribution in [0, 0.1) is 0 Å². The van der Waals surface area contributed by atoms with Gasteiger partial charge in [0, 0.05) is 18.5 Å². The van der Waals surface area contributed by atoms with Gasteiger partial charge in [-0.3, -0.25) is 4.79 Å². The SMILES string of the molecule is CNC(=O)c1ccc(NCCc2ccc(Cl)s2)nn1. The van der Waals surface area contributed by atoms with Crippen molar-refractivity contribution in [1.29, 1.82) is 0 Å². The molecule has 2 N–H and O–H groups in total. The lowest BCUT2D eigenvalue weighted by molar-refractivity contribution is 0.0957. The van der Waals surface area contributed by atoms with Crippen molar-refractivity contribution in [2.75, 3.05) is 18.9 Å². The molecule has 0 radical (unpaired) electrons. The Morgan fingerprint density at radius 1 is 1.32 bits per heavy atom. The normalized spacial score (nSPS) is 10.2. The molecule has 5 nitrogen and oxygen atoms in total. The van der Waals surface area contributed by atoms with E-state index in [0.29, 0.717) is 11.5 Å². The first-order chi connectivity index (χ1) is 9.19. The van der Waals surface area contributed by atoms with E-state index in [1.807, 2.05) is 12.1 Å². The van der Waals surface area contributed by atoms with Gasteiger partial charge in [0.25, 0.3) is 5.91 Å². The van der Waals surface area contributed by atoms with Crippen molar-refractivity contribution in [1.82, 2.24) is 15.5 Å². The molecular formula is C12H13ClN4OS. The van der Waals surface area contributed by atoms with Gasteiger partial charge in [0.15, 0.2) is 5.69 Å². The number of halogens is 1. The molecule has 100 valence electrons. The second-order valence-electron chi connectivity index (χ2n) is 3.77. The largest absolute Gasteiger partial charge is 0.368 e. The van der Waals surface area contributed by atoms with Crippen LogP contribution in [0.4, 0.5) is 5.82 Å². The molecule has 0 aliphatic rings. The zero-order chi connectivity index (χ0) is 13.7. The van der Waals surface area contributed by atoms with Crippen LogP contribution in [0.5, 0.6) is 0 Å². The first-order valence-corrected chi connectivity index (χ1v) is 6.92. The minimum Gasteiger partial charge on any atom is -0.368 e. The van der Waals surface area contributed by atoms with E-state index in [-0.39, 0.29) is 5.91 Å². The summed E-state index contributed by atoms with van der Waals surface area (Å²) in [7, 11) is 1.56. The van der Waals surface area contributed by atoms with Crippen LogP contribution >= 0.6 is 22.9 Å². The second kappa shape index (κ2) is 6.49. The first kappa shape index (κ1) is 13.8. The molecule has 2 aromatic rings. The lowest BCUT2D eigenvalue weighted by Crippen LogP contribution is -2.19. The van der Waals surface area contributed by atoms with Gasteiger partial charge in [0.1, 0.15) is 5.82 Å². The number of hydrogen-bond acceptors (Lipinski definition) is 5. The number of rotatable bonds is 5. The Balaban J connectivity index is 1.84. The van der Waals surface area contributed by atoms with E-state index in [1.54, 1.807) is 30.5 Å². The van der Waals surface area contributed by atoms with Crippen molar-refractivity contribution in [3.63, 3.8) is 0 Å². The van der Waals surface area contributed by atoms with Crippen molar-refractivity contribution in [3.05, 3.63) is 39.2 Å². The van der Waals surface area contributed by atoms with Crippen molar-refractivity contribution in [2.45, 2.75) is 6.42 Å². The molecule has 7 heteroatoms. The maximum absolute atomic E-state index is 11.3. The molecule has 0 spiro atoms. The summed E-state index contributed by atoms with van der Waals surface area (Å²) in [5.74, 6) is 0.405. The predicted molar refractivity (Wildman–Crippen MR) is 76.9 cm³/mol. The Labute approximate surface area is 120 Å². The fourth-order valence-electron chi connectivity index (χ4n) is 1.48. The molecule has 0 saturated heterocycles. The van der Waals surface area contributed by atoms with Crippen LogP contribution in [0.3, 0.4) is 0 Å². The monoisotopic (exact) mass is 296 g/mol. The molecule has 0 atom stereocenters. The number of carbonyl (C=O) groups is 1. The number of thiophene rings is 1.